The molecular weight excluding hydrogens is 326 g/mol. The molecule has 0 amide bonds. The highest BCUT2D eigenvalue weighted by molar-refractivity contribution is 9.10. The summed E-state index contributed by atoms with van der Waals surface area (Å²) in [6.07, 6.45) is 7.74. The number of nitriles is 1. The number of nitrogens with zero attached hydrogens (tertiary/aromatic N) is 1. The number of nitrogens with one attached hydrogen (secondary N) is 2. The highest BCUT2D eigenvalue weighted by Crippen LogP contribution is 2.33. The van der Waals surface area contributed by atoms with E-state index in [0.29, 0.717) is 18.0 Å². The molecule has 1 aliphatic heterocycles. The van der Waals surface area contributed by atoms with Crippen molar-refractivity contribution in [2.45, 2.75) is 50.6 Å². The fourth-order valence-corrected chi connectivity index (χ4v) is 4.19. The molecular formula is C17H22BrN3. The maximum Gasteiger partial charge on any atom is 0.101 e. The summed E-state index contributed by atoms with van der Waals surface area (Å²) in [6, 6.07) is 9.38. The molecule has 0 bridgehead atoms. The van der Waals surface area contributed by atoms with Crippen molar-refractivity contribution in [2.75, 3.05) is 11.9 Å². The van der Waals surface area contributed by atoms with Gasteiger partial charge in [-0.3, -0.25) is 0 Å². The molecule has 2 aliphatic rings. The third-order valence-electron chi connectivity index (χ3n) is 4.88. The maximum atomic E-state index is 9.33. The smallest absolute Gasteiger partial charge is 0.101 e. The van der Waals surface area contributed by atoms with Crippen LogP contribution in [0.2, 0.25) is 0 Å². The van der Waals surface area contributed by atoms with Gasteiger partial charge >= 0.3 is 0 Å². The summed E-state index contributed by atoms with van der Waals surface area (Å²) in [5.74, 6) is 0.691. The summed E-state index contributed by atoms with van der Waals surface area (Å²) >= 11 is 3.44. The van der Waals surface area contributed by atoms with Gasteiger partial charge in [0.25, 0.3) is 0 Å². The Hall–Kier alpha value is -1.05. The van der Waals surface area contributed by atoms with Crippen molar-refractivity contribution in [3.63, 3.8) is 0 Å². The van der Waals surface area contributed by atoms with Crippen LogP contribution in [0.4, 0.5) is 5.69 Å². The standard InChI is InChI=1S/C17H22BrN3/c18-13-7-8-15(12(10-13)11-19)21-17-5-2-1-4-14(17)16-6-3-9-20-16/h7-8,10,14,16-17,20-21H,1-6,9H2. The van der Waals surface area contributed by atoms with Crippen molar-refractivity contribution < 1.29 is 0 Å². The highest BCUT2D eigenvalue weighted by Gasteiger charge is 2.33. The molecule has 112 valence electrons. The first-order chi connectivity index (χ1) is 10.3. The topological polar surface area (TPSA) is 47.9 Å². The Morgan fingerprint density at radius 3 is 2.81 bits per heavy atom. The van der Waals surface area contributed by atoms with E-state index in [1.807, 2.05) is 18.2 Å². The fraction of sp³-hybridized carbons (Fsp3) is 0.588. The van der Waals surface area contributed by atoms with Crippen molar-refractivity contribution >= 4 is 21.6 Å². The second-order valence-electron chi connectivity index (χ2n) is 6.20. The minimum absolute atomic E-state index is 0.489. The van der Waals surface area contributed by atoms with Gasteiger partial charge in [0.2, 0.25) is 0 Å². The molecule has 2 N–H and O–H groups in total. The maximum absolute atomic E-state index is 9.33. The summed E-state index contributed by atoms with van der Waals surface area (Å²) in [7, 11) is 0. The molecule has 1 aliphatic carbocycles. The number of anilines is 1. The fourth-order valence-electron chi connectivity index (χ4n) is 3.83. The van der Waals surface area contributed by atoms with Crippen molar-refractivity contribution in [3.8, 4) is 6.07 Å². The zero-order chi connectivity index (χ0) is 14.7. The monoisotopic (exact) mass is 347 g/mol. The van der Waals surface area contributed by atoms with Crippen LogP contribution in [0.1, 0.15) is 44.1 Å². The van der Waals surface area contributed by atoms with Crippen LogP contribution >= 0.6 is 15.9 Å². The van der Waals surface area contributed by atoms with Gasteiger partial charge in [-0.05, 0) is 56.3 Å². The van der Waals surface area contributed by atoms with Crippen LogP contribution in [0.3, 0.4) is 0 Å². The summed E-state index contributed by atoms with van der Waals surface area (Å²) < 4.78 is 0.960. The Bertz CT molecular complexity index is 531. The Kier molecular flexibility index (Phi) is 4.82. The van der Waals surface area contributed by atoms with Crippen LogP contribution in [0.5, 0.6) is 0 Å². The Labute approximate surface area is 135 Å². The lowest BCUT2D eigenvalue weighted by molar-refractivity contribution is 0.262. The molecule has 21 heavy (non-hydrogen) atoms. The molecule has 0 radical (unpaired) electrons. The van der Waals surface area contributed by atoms with Crippen molar-refractivity contribution in [2.24, 2.45) is 5.92 Å². The van der Waals surface area contributed by atoms with Gasteiger partial charge in [-0.2, -0.15) is 5.26 Å². The second-order valence-corrected chi connectivity index (χ2v) is 7.12. The van der Waals surface area contributed by atoms with E-state index in [1.165, 1.54) is 38.5 Å². The largest absolute Gasteiger partial charge is 0.381 e. The van der Waals surface area contributed by atoms with E-state index in [4.69, 9.17) is 0 Å². The summed E-state index contributed by atoms with van der Waals surface area (Å²) in [6.45, 7) is 1.16. The van der Waals surface area contributed by atoms with E-state index in [9.17, 15) is 5.26 Å². The third kappa shape index (κ3) is 3.41. The van der Waals surface area contributed by atoms with Crippen molar-refractivity contribution in [3.05, 3.63) is 28.2 Å². The third-order valence-corrected chi connectivity index (χ3v) is 5.37. The van der Waals surface area contributed by atoms with E-state index >= 15 is 0 Å². The Morgan fingerprint density at radius 1 is 1.19 bits per heavy atom. The second kappa shape index (κ2) is 6.81. The van der Waals surface area contributed by atoms with Crippen molar-refractivity contribution in [1.82, 2.24) is 5.32 Å². The molecule has 1 aromatic rings. The Balaban J connectivity index is 1.77. The molecule has 1 saturated heterocycles. The molecule has 4 heteroatoms. The van der Waals surface area contributed by atoms with Gasteiger partial charge in [-0.25, -0.2) is 0 Å². The van der Waals surface area contributed by atoms with Crippen LogP contribution in [0.25, 0.3) is 0 Å². The summed E-state index contributed by atoms with van der Waals surface area (Å²) in [4.78, 5) is 0. The molecule has 1 heterocycles. The summed E-state index contributed by atoms with van der Waals surface area (Å²) in [5, 5.41) is 16.7. The molecule has 0 aromatic heterocycles. The average Bonchev–Trinajstić information content (AvgIpc) is 3.03. The van der Waals surface area contributed by atoms with E-state index in [0.717, 1.165) is 22.3 Å². The first kappa shape index (κ1) is 14.9. The molecule has 3 rings (SSSR count). The van der Waals surface area contributed by atoms with E-state index in [2.05, 4.69) is 32.6 Å². The van der Waals surface area contributed by atoms with Gasteiger partial charge in [-0.15, -0.1) is 0 Å². The van der Waals surface area contributed by atoms with Gasteiger partial charge in [0, 0.05) is 16.6 Å². The van der Waals surface area contributed by atoms with Gasteiger partial charge in [0.15, 0.2) is 0 Å². The van der Waals surface area contributed by atoms with Crippen LogP contribution in [-0.2, 0) is 0 Å². The SMILES string of the molecule is N#Cc1cc(Br)ccc1NC1CCCCC1C1CCCN1. The molecule has 3 nitrogen and oxygen atoms in total. The van der Waals surface area contributed by atoms with Crippen LogP contribution < -0.4 is 10.6 Å². The first-order valence-electron chi connectivity index (χ1n) is 7.97. The van der Waals surface area contributed by atoms with Gasteiger partial charge in [-0.1, -0.05) is 28.8 Å². The Morgan fingerprint density at radius 2 is 2.05 bits per heavy atom. The molecule has 2 fully saturated rings. The van der Waals surface area contributed by atoms with Crippen LogP contribution in [0, 0.1) is 17.2 Å². The zero-order valence-electron chi connectivity index (χ0n) is 12.2. The summed E-state index contributed by atoms with van der Waals surface area (Å²) in [5.41, 5.74) is 1.71. The van der Waals surface area contributed by atoms with Gasteiger partial charge in [0.1, 0.15) is 6.07 Å². The number of benzene rings is 1. The normalized spacial score (nSPS) is 29.0. The predicted octanol–water partition coefficient (Wildman–Crippen LogP) is 4.04. The molecule has 1 aromatic carbocycles. The number of halogens is 1. The highest BCUT2D eigenvalue weighted by atomic mass is 79.9. The number of hydrogen-bond donors (Lipinski definition) is 2. The molecule has 3 unspecified atom stereocenters. The number of hydrogen-bond acceptors (Lipinski definition) is 3. The van der Waals surface area contributed by atoms with E-state index in [-0.39, 0.29) is 0 Å². The van der Waals surface area contributed by atoms with Gasteiger partial charge < -0.3 is 10.6 Å². The molecule has 1 saturated carbocycles. The lowest BCUT2D eigenvalue weighted by atomic mass is 9.79. The quantitative estimate of drug-likeness (QED) is 0.867. The zero-order valence-corrected chi connectivity index (χ0v) is 13.8. The van der Waals surface area contributed by atoms with Gasteiger partial charge in [0.05, 0.1) is 11.3 Å². The lowest BCUT2D eigenvalue weighted by Crippen LogP contribution is -2.43. The predicted molar refractivity (Wildman–Crippen MR) is 89.3 cm³/mol. The van der Waals surface area contributed by atoms with E-state index < -0.39 is 0 Å². The van der Waals surface area contributed by atoms with Crippen molar-refractivity contribution in [1.29, 1.82) is 5.26 Å². The average molecular weight is 348 g/mol. The lowest BCUT2D eigenvalue weighted by Gasteiger charge is -2.37. The minimum Gasteiger partial charge on any atom is -0.381 e. The molecule has 3 atom stereocenters. The number of rotatable bonds is 3. The van der Waals surface area contributed by atoms with Crippen LogP contribution in [-0.4, -0.2) is 18.6 Å². The first-order valence-corrected chi connectivity index (χ1v) is 8.77. The molecule has 0 spiro atoms. The minimum atomic E-state index is 0.489. The van der Waals surface area contributed by atoms with Crippen LogP contribution in [0.15, 0.2) is 22.7 Å². The van der Waals surface area contributed by atoms with E-state index in [1.54, 1.807) is 0 Å².